The Labute approximate surface area is 209 Å². The van der Waals surface area contributed by atoms with Gasteiger partial charge in [-0.25, -0.2) is 4.98 Å². The molecular formula is C26H32N8S. The Bertz CT molecular complexity index is 1260. The minimum Gasteiger partial charge on any atom is -0.364 e. The molecule has 2 saturated carbocycles. The van der Waals surface area contributed by atoms with E-state index in [-0.39, 0.29) is 6.04 Å². The van der Waals surface area contributed by atoms with E-state index in [2.05, 4.69) is 49.8 Å². The van der Waals surface area contributed by atoms with Crippen molar-refractivity contribution in [3.05, 3.63) is 47.7 Å². The largest absolute Gasteiger partial charge is 0.364 e. The van der Waals surface area contributed by atoms with Gasteiger partial charge < -0.3 is 20.9 Å². The Morgan fingerprint density at radius 2 is 1.94 bits per heavy atom. The predicted molar refractivity (Wildman–Crippen MR) is 142 cm³/mol. The van der Waals surface area contributed by atoms with E-state index in [1.807, 2.05) is 12.5 Å². The SMILES string of the molecule is NC1CCCC(Nc2nc(NCc3ccc(-c4cccs4)nc3)c3ncn(C4CCCC4)c3n2)C1. The third kappa shape index (κ3) is 4.88. The molecule has 9 heteroatoms. The van der Waals surface area contributed by atoms with Crippen molar-refractivity contribution in [2.45, 2.75) is 76.0 Å². The monoisotopic (exact) mass is 488 g/mol. The molecule has 2 aliphatic carbocycles. The summed E-state index contributed by atoms with van der Waals surface area (Å²) in [6.45, 7) is 0.619. The van der Waals surface area contributed by atoms with Crippen molar-refractivity contribution in [3.63, 3.8) is 0 Å². The van der Waals surface area contributed by atoms with Crippen molar-refractivity contribution in [2.24, 2.45) is 5.73 Å². The van der Waals surface area contributed by atoms with Gasteiger partial charge in [-0.2, -0.15) is 9.97 Å². The third-order valence-corrected chi connectivity index (χ3v) is 8.14. The van der Waals surface area contributed by atoms with Crippen LogP contribution in [0.3, 0.4) is 0 Å². The van der Waals surface area contributed by atoms with Crippen LogP contribution in [0.1, 0.15) is 63.0 Å². The van der Waals surface area contributed by atoms with Crippen molar-refractivity contribution in [1.29, 1.82) is 0 Å². The number of rotatable bonds is 7. The number of hydrogen-bond donors (Lipinski definition) is 3. The Morgan fingerprint density at radius 3 is 2.71 bits per heavy atom. The lowest BCUT2D eigenvalue weighted by atomic mass is 9.92. The second-order valence-electron chi connectivity index (χ2n) is 9.81. The highest BCUT2D eigenvalue weighted by atomic mass is 32.1. The number of nitrogens with zero attached hydrogens (tertiary/aromatic N) is 5. The van der Waals surface area contributed by atoms with E-state index in [0.717, 1.165) is 53.9 Å². The molecule has 182 valence electrons. The number of nitrogens with two attached hydrogens (primary N) is 1. The number of fused-ring (bicyclic) bond motifs is 1. The minimum absolute atomic E-state index is 0.247. The zero-order chi connectivity index (χ0) is 23.6. The smallest absolute Gasteiger partial charge is 0.227 e. The molecule has 4 aromatic heterocycles. The normalized spacial score (nSPS) is 20.9. The molecule has 0 bridgehead atoms. The number of aromatic nitrogens is 5. The molecule has 2 atom stereocenters. The zero-order valence-electron chi connectivity index (χ0n) is 19.9. The van der Waals surface area contributed by atoms with Crippen molar-refractivity contribution in [3.8, 4) is 10.6 Å². The molecule has 0 aliphatic heterocycles. The van der Waals surface area contributed by atoms with E-state index in [9.17, 15) is 0 Å². The van der Waals surface area contributed by atoms with Crippen LogP contribution < -0.4 is 16.4 Å². The average Bonchev–Trinajstić information content (AvgIpc) is 3.65. The average molecular weight is 489 g/mol. The van der Waals surface area contributed by atoms with Gasteiger partial charge >= 0.3 is 0 Å². The first-order chi connectivity index (χ1) is 17.2. The fourth-order valence-corrected chi connectivity index (χ4v) is 6.08. The van der Waals surface area contributed by atoms with Gasteiger partial charge in [-0.1, -0.05) is 25.0 Å². The minimum atomic E-state index is 0.247. The fourth-order valence-electron chi connectivity index (χ4n) is 5.38. The molecule has 0 aromatic carbocycles. The highest BCUT2D eigenvalue weighted by Gasteiger charge is 2.24. The highest BCUT2D eigenvalue weighted by molar-refractivity contribution is 7.13. The van der Waals surface area contributed by atoms with Gasteiger partial charge in [0, 0.05) is 30.9 Å². The van der Waals surface area contributed by atoms with Crippen LogP contribution in [0.2, 0.25) is 0 Å². The van der Waals surface area contributed by atoms with E-state index < -0.39 is 0 Å². The van der Waals surface area contributed by atoms with Gasteiger partial charge in [0.25, 0.3) is 0 Å². The second-order valence-corrected chi connectivity index (χ2v) is 10.8. The molecule has 2 unspecified atom stereocenters. The zero-order valence-corrected chi connectivity index (χ0v) is 20.7. The van der Waals surface area contributed by atoms with Gasteiger partial charge in [0.1, 0.15) is 0 Å². The maximum atomic E-state index is 6.23. The number of pyridine rings is 1. The lowest BCUT2D eigenvalue weighted by molar-refractivity contribution is 0.408. The van der Waals surface area contributed by atoms with Crippen molar-refractivity contribution in [1.82, 2.24) is 24.5 Å². The lowest BCUT2D eigenvalue weighted by Gasteiger charge is -2.27. The maximum absolute atomic E-state index is 6.23. The molecule has 2 aliphatic rings. The lowest BCUT2D eigenvalue weighted by Crippen LogP contribution is -2.35. The summed E-state index contributed by atoms with van der Waals surface area (Å²) in [5.74, 6) is 1.42. The number of nitrogens with one attached hydrogen (secondary N) is 2. The Hall–Kier alpha value is -3.04. The maximum Gasteiger partial charge on any atom is 0.227 e. The molecule has 4 aromatic rings. The molecule has 4 N–H and O–H groups in total. The van der Waals surface area contributed by atoms with Crippen LogP contribution in [0.15, 0.2) is 42.2 Å². The summed E-state index contributed by atoms with van der Waals surface area (Å²) >= 11 is 1.70. The summed E-state index contributed by atoms with van der Waals surface area (Å²) < 4.78 is 2.25. The summed E-state index contributed by atoms with van der Waals surface area (Å²) in [5, 5.41) is 9.17. The van der Waals surface area contributed by atoms with Crippen LogP contribution in [0, 0.1) is 0 Å². The first-order valence-electron chi connectivity index (χ1n) is 12.7. The van der Waals surface area contributed by atoms with Gasteiger partial charge in [-0.15, -0.1) is 11.3 Å². The van der Waals surface area contributed by atoms with Crippen molar-refractivity contribution < 1.29 is 0 Å². The van der Waals surface area contributed by atoms with Gasteiger partial charge in [-0.05, 0) is 61.6 Å². The quantitative estimate of drug-likeness (QED) is 0.321. The predicted octanol–water partition coefficient (Wildman–Crippen LogP) is 5.36. The standard InChI is InChI=1S/C26H32N8S/c27-18-5-3-6-19(13-18)31-26-32-24(23-25(33-26)34(16-30-23)20-7-1-2-8-20)29-15-17-10-11-21(28-14-17)22-9-4-12-35-22/h4,9-12,14,16,18-20H,1-3,5-8,13,15,27H2,(H2,29,31,32,33). The number of imidazole rings is 1. The van der Waals surface area contributed by atoms with Gasteiger partial charge in [0.15, 0.2) is 17.0 Å². The van der Waals surface area contributed by atoms with E-state index in [1.54, 1.807) is 11.3 Å². The second kappa shape index (κ2) is 9.91. The molecule has 0 amide bonds. The molecule has 0 spiro atoms. The van der Waals surface area contributed by atoms with Crippen LogP contribution in [-0.4, -0.2) is 36.6 Å². The molecule has 2 fully saturated rings. The van der Waals surface area contributed by atoms with Crippen LogP contribution >= 0.6 is 11.3 Å². The molecule has 4 heterocycles. The van der Waals surface area contributed by atoms with Gasteiger partial charge in [0.2, 0.25) is 5.95 Å². The summed E-state index contributed by atoms with van der Waals surface area (Å²) in [6.07, 6.45) is 13.1. The van der Waals surface area contributed by atoms with Gasteiger partial charge in [0.05, 0.1) is 16.9 Å². The van der Waals surface area contributed by atoms with E-state index in [4.69, 9.17) is 20.7 Å². The van der Waals surface area contributed by atoms with Crippen molar-refractivity contribution in [2.75, 3.05) is 10.6 Å². The number of anilines is 2. The molecule has 8 nitrogen and oxygen atoms in total. The van der Waals surface area contributed by atoms with E-state index in [0.29, 0.717) is 24.6 Å². The van der Waals surface area contributed by atoms with Crippen LogP contribution in [0.25, 0.3) is 21.7 Å². The van der Waals surface area contributed by atoms with Gasteiger partial charge in [-0.3, -0.25) is 4.98 Å². The van der Waals surface area contributed by atoms with Crippen LogP contribution in [0.5, 0.6) is 0 Å². The Balaban J connectivity index is 1.26. The Kier molecular flexibility index (Phi) is 6.35. The van der Waals surface area contributed by atoms with E-state index in [1.165, 1.54) is 30.6 Å². The number of thiophene rings is 1. The Morgan fingerprint density at radius 1 is 1.03 bits per heavy atom. The molecule has 0 radical (unpaired) electrons. The fraction of sp³-hybridized carbons (Fsp3) is 0.462. The van der Waals surface area contributed by atoms with Crippen LogP contribution in [-0.2, 0) is 6.54 Å². The molecule has 0 saturated heterocycles. The summed E-state index contributed by atoms with van der Waals surface area (Å²) in [5.41, 5.74) is 10.1. The first kappa shape index (κ1) is 22.4. The highest BCUT2D eigenvalue weighted by Crippen LogP contribution is 2.33. The van der Waals surface area contributed by atoms with Crippen LogP contribution in [0.4, 0.5) is 11.8 Å². The van der Waals surface area contributed by atoms with Crippen molar-refractivity contribution >= 4 is 34.3 Å². The first-order valence-corrected chi connectivity index (χ1v) is 13.6. The summed E-state index contributed by atoms with van der Waals surface area (Å²) in [4.78, 5) is 20.4. The summed E-state index contributed by atoms with van der Waals surface area (Å²) in [6, 6.07) is 9.36. The summed E-state index contributed by atoms with van der Waals surface area (Å²) in [7, 11) is 0. The topological polar surface area (TPSA) is 107 Å². The molecular weight excluding hydrogens is 456 g/mol. The van der Waals surface area contributed by atoms with E-state index >= 15 is 0 Å². The number of hydrogen-bond acceptors (Lipinski definition) is 8. The third-order valence-electron chi connectivity index (χ3n) is 7.25. The molecule has 35 heavy (non-hydrogen) atoms. The molecule has 6 rings (SSSR count).